The first-order valence-electron chi connectivity index (χ1n) is 4.94. The Kier molecular flexibility index (Phi) is 3.93. The van der Waals surface area contributed by atoms with Gasteiger partial charge in [-0.2, -0.15) is 0 Å². The summed E-state index contributed by atoms with van der Waals surface area (Å²) in [7, 11) is 1.58. The van der Waals surface area contributed by atoms with Crippen molar-refractivity contribution < 1.29 is 14.3 Å². The van der Waals surface area contributed by atoms with E-state index in [9.17, 15) is 4.79 Å². The van der Waals surface area contributed by atoms with Gasteiger partial charge in [0.05, 0.1) is 11.6 Å². The van der Waals surface area contributed by atoms with Gasteiger partial charge in [0.1, 0.15) is 10.5 Å². The Morgan fingerprint density at radius 3 is 2.62 bits per heavy atom. The fourth-order valence-electron chi connectivity index (χ4n) is 1.21. The van der Waals surface area contributed by atoms with Crippen LogP contribution in [0.4, 0.5) is 5.00 Å². The summed E-state index contributed by atoms with van der Waals surface area (Å²) in [6.45, 7) is 5.86. The fraction of sp³-hybridized carbons (Fsp3) is 0.545. The third-order valence-electron chi connectivity index (χ3n) is 1.71. The van der Waals surface area contributed by atoms with Gasteiger partial charge < -0.3 is 15.2 Å². The molecule has 1 aromatic heterocycles. The molecule has 0 spiro atoms. The summed E-state index contributed by atoms with van der Waals surface area (Å²) in [4.78, 5) is 12.4. The molecule has 0 aliphatic carbocycles. The molecular weight excluding hydrogens is 226 g/mol. The molecule has 0 atom stereocenters. The molecule has 0 radical (unpaired) electrons. The third kappa shape index (κ3) is 3.50. The van der Waals surface area contributed by atoms with Crippen molar-refractivity contribution in [1.82, 2.24) is 0 Å². The number of hydrogen-bond acceptors (Lipinski definition) is 5. The highest BCUT2D eigenvalue weighted by Crippen LogP contribution is 2.27. The van der Waals surface area contributed by atoms with E-state index in [1.165, 1.54) is 11.3 Å². The van der Waals surface area contributed by atoms with Gasteiger partial charge in [-0.3, -0.25) is 0 Å². The second-order valence-electron chi connectivity index (χ2n) is 4.44. The van der Waals surface area contributed by atoms with Crippen molar-refractivity contribution in [3.8, 4) is 0 Å². The van der Waals surface area contributed by atoms with Crippen LogP contribution in [-0.2, 0) is 16.1 Å². The Bertz CT molecular complexity index is 379. The maximum absolute atomic E-state index is 11.8. The molecule has 0 aliphatic rings. The fourth-order valence-corrected chi connectivity index (χ4v) is 2.02. The smallest absolute Gasteiger partial charge is 0.349 e. The molecular formula is C11H17NO3S. The number of hydrogen-bond donors (Lipinski definition) is 1. The lowest BCUT2D eigenvalue weighted by atomic mass is 10.2. The SMILES string of the molecule is COCc1cc(N)sc1C(=O)OC(C)(C)C. The number of ether oxygens (including phenoxy) is 2. The van der Waals surface area contributed by atoms with E-state index >= 15 is 0 Å². The summed E-state index contributed by atoms with van der Waals surface area (Å²) < 4.78 is 10.3. The van der Waals surface area contributed by atoms with Gasteiger partial charge in [0.2, 0.25) is 0 Å². The first-order valence-corrected chi connectivity index (χ1v) is 5.75. The van der Waals surface area contributed by atoms with E-state index in [1.807, 2.05) is 20.8 Å². The van der Waals surface area contributed by atoms with Gasteiger partial charge >= 0.3 is 5.97 Å². The predicted octanol–water partition coefficient (Wildman–Crippen LogP) is 2.43. The number of anilines is 1. The van der Waals surface area contributed by atoms with Gasteiger partial charge in [0.15, 0.2) is 0 Å². The summed E-state index contributed by atoms with van der Waals surface area (Å²) in [5.74, 6) is -0.346. The Labute approximate surface area is 99.4 Å². The van der Waals surface area contributed by atoms with Crippen molar-refractivity contribution in [3.05, 3.63) is 16.5 Å². The minimum Gasteiger partial charge on any atom is -0.456 e. The zero-order valence-electron chi connectivity index (χ0n) is 9.99. The van der Waals surface area contributed by atoms with Gasteiger partial charge in [0, 0.05) is 12.7 Å². The third-order valence-corrected chi connectivity index (χ3v) is 2.70. The van der Waals surface area contributed by atoms with Crippen LogP contribution < -0.4 is 5.73 Å². The molecule has 90 valence electrons. The first kappa shape index (κ1) is 13.0. The maximum Gasteiger partial charge on any atom is 0.349 e. The van der Waals surface area contributed by atoms with Crippen LogP contribution in [0.2, 0.25) is 0 Å². The molecule has 2 N–H and O–H groups in total. The van der Waals surface area contributed by atoms with Crippen molar-refractivity contribution >= 4 is 22.3 Å². The quantitative estimate of drug-likeness (QED) is 0.828. The van der Waals surface area contributed by atoms with Gasteiger partial charge in [-0.1, -0.05) is 0 Å². The van der Waals surface area contributed by atoms with Crippen molar-refractivity contribution in [2.45, 2.75) is 33.0 Å². The highest BCUT2D eigenvalue weighted by molar-refractivity contribution is 7.17. The summed E-state index contributed by atoms with van der Waals surface area (Å²) in [5.41, 5.74) is 5.94. The van der Waals surface area contributed by atoms with Crippen LogP contribution >= 0.6 is 11.3 Å². The number of thiophene rings is 1. The molecule has 0 aliphatic heterocycles. The molecule has 4 nitrogen and oxygen atoms in total. The van der Waals surface area contributed by atoms with Crippen LogP contribution in [0.5, 0.6) is 0 Å². The summed E-state index contributed by atoms with van der Waals surface area (Å²) in [6.07, 6.45) is 0. The number of nitrogen functional groups attached to an aromatic ring is 1. The number of carbonyl (C=O) groups is 1. The van der Waals surface area contributed by atoms with Crippen LogP contribution in [0.1, 0.15) is 36.0 Å². The average Bonchev–Trinajstić information content (AvgIpc) is 2.44. The van der Waals surface area contributed by atoms with E-state index < -0.39 is 5.60 Å². The standard InChI is InChI=1S/C11H17NO3S/c1-11(2,3)15-10(13)9-7(6-14-4)5-8(12)16-9/h5H,6,12H2,1-4H3. The van der Waals surface area contributed by atoms with Gasteiger partial charge in [-0.05, 0) is 26.8 Å². The van der Waals surface area contributed by atoms with E-state index in [4.69, 9.17) is 15.2 Å². The Morgan fingerprint density at radius 1 is 1.50 bits per heavy atom. The van der Waals surface area contributed by atoms with Crippen molar-refractivity contribution in [2.24, 2.45) is 0 Å². The van der Waals surface area contributed by atoms with Gasteiger partial charge in [-0.25, -0.2) is 4.79 Å². The Morgan fingerprint density at radius 2 is 2.12 bits per heavy atom. The van der Waals surface area contributed by atoms with E-state index in [-0.39, 0.29) is 5.97 Å². The van der Waals surface area contributed by atoms with Crippen LogP contribution in [-0.4, -0.2) is 18.7 Å². The summed E-state index contributed by atoms with van der Waals surface area (Å²) >= 11 is 1.23. The summed E-state index contributed by atoms with van der Waals surface area (Å²) in [5, 5.41) is 0.591. The van der Waals surface area contributed by atoms with Crippen LogP contribution in [0.25, 0.3) is 0 Å². The van der Waals surface area contributed by atoms with E-state index in [1.54, 1.807) is 13.2 Å². The number of nitrogens with two attached hydrogens (primary N) is 1. The number of esters is 1. The van der Waals surface area contributed by atoms with Crippen molar-refractivity contribution in [1.29, 1.82) is 0 Å². The molecule has 0 saturated heterocycles. The monoisotopic (exact) mass is 243 g/mol. The maximum atomic E-state index is 11.8. The molecule has 0 unspecified atom stereocenters. The molecule has 0 aromatic carbocycles. The zero-order valence-corrected chi connectivity index (χ0v) is 10.8. The number of methoxy groups -OCH3 is 1. The topological polar surface area (TPSA) is 61.5 Å². The second-order valence-corrected chi connectivity index (χ2v) is 5.52. The molecule has 16 heavy (non-hydrogen) atoms. The lowest BCUT2D eigenvalue weighted by Gasteiger charge is -2.19. The summed E-state index contributed by atoms with van der Waals surface area (Å²) in [6, 6.07) is 1.74. The molecule has 1 heterocycles. The second kappa shape index (κ2) is 4.84. The minimum absolute atomic E-state index is 0.346. The van der Waals surface area contributed by atoms with Crippen LogP contribution in [0.15, 0.2) is 6.07 Å². The van der Waals surface area contributed by atoms with E-state index in [2.05, 4.69) is 0 Å². The highest BCUT2D eigenvalue weighted by Gasteiger charge is 2.22. The molecule has 0 saturated carbocycles. The molecule has 1 aromatic rings. The molecule has 0 amide bonds. The largest absolute Gasteiger partial charge is 0.456 e. The lowest BCUT2D eigenvalue weighted by molar-refractivity contribution is 0.00720. The zero-order chi connectivity index (χ0) is 12.3. The minimum atomic E-state index is -0.500. The molecule has 5 heteroatoms. The van der Waals surface area contributed by atoms with Gasteiger partial charge in [0.25, 0.3) is 0 Å². The number of carbonyl (C=O) groups excluding carboxylic acids is 1. The van der Waals surface area contributed by atoms with Crippen molar-refractivity contribution in [2.75, 3.05) is 12.8 Å². The Balaban J connectivity index is 2.90. The predicted molar refractivity (Wildman–Crippen MR) is 64.6 cm³/mol. The Hall–Kier alpha value is -1.07. The first-order chi connectivity index (χ1) is 7.33. The number of rotatable bonds is 3. The highest BCUT2D eigenvalue weighted by atomic mass is 32.1. The van der Waals surface area contributed by atoms with Crippen LogP contribution in [0, 0.1) is 0 Å². The van der Waals surface area contributed by atoms with Gasteiger partial charge in [-0.15, -0.1) is 11.3 Å². The molecule has 0 fully saturated rings. The molecule has 1 rings (SSSR count). The van der Waals surface area contributed by atoms with E-state index in [0.717, 1.165) is 5.56 Å². The molecule has 0 bridgehead atoms. The normalized spacial score (nSPS) is 11.5. The average molecular weight is 243 g/mol. The van der Waals surface area contributed by atoms with E-state index in [0.29, 0.717) is 16.5 Å². The van der Waals surface area contributed by atoms with Crippen LogP contribution in [0.3, 0.4) is 0 Å². The van der Waals surface area contributed by atoms with Crippen molar-refractivity contribution in [3.63, 3.8) is 0 Å². The lowest BCUT2D eigenvalue weighted by Crippen LogP contribution is -2.23.